The third kappa shape index (κ3) is 3.93. The highest BCUT2D eigenvalue weighted by atomic mass is 16.1. The highest BCUT2D eigenvalue weighted by Crippen LogP contribution is 2.29. The molecule has 0 spiro atoms. The van der Waals surface area contributed by atoms with Gasteiger partial charge in [0, 0.05) is 29.6 Å². The lowest BCUT2D eigenvalue weighted by molar-refractivity contribution is 0.987. The van der Waals surface area contributed by atoms with E-state index in [1.165, 1.54) is 5.56 Å². The fourth-order valence-electron chi connectivity index (χ4n) is 4.18. The standard InChI is InChI=1S/C29H24N2O/c32-29-26(20-22-12-4-1-5-13-22)28(30-21-23-14-6-2-7-15-23)25-18-10-11-19-27(25)31(29)24-16-8-3-9-17-24/h1-19,30H,20-21H2. The van der Waals surface area contributed by atoms with Crippen molar-refractivity contribution < 1.29 is 0 Å². The van der Waals surface area contributed by atoms with Gasteiger partial charge in [-0.05, 0) is 29.3 Å². The minimum absolute atomic E-state index is 0.00862. The van der Waals surface area contributed by atoms with E-state index in [9.17, 15) is 4.79 Å². The first-order valence-corrected chi connectivity index (χ1v) is 10.8. The molecular weight excluding hydrogens is 392 g/mol. The predicted molar refractivity (Wildman–Crippen MR) is 133 cm³/mol. The van der Waals surface area contributed by atoms with E-state index in [0.717, 1.165) is 33.4 Å². The van der Waals surface area contributed by atoms with Crippen LogP contribution < -0.4 is 10.9 Å². The molecule has 3 nitrogen and oxygen atoms in total. The van der Waals surface area contributed by atoms with Gasteiger partial charge in [0.25, 0.3) is 5.56 Å². The molecule has 0 atom stereocenters. The zero-order valence-electron chi connectivity index (χ0n) is 17.7. The summed E-state index contributed by atoms with van der Waals surface area (Å²) >= 11 is 0. The molecule has 156 valence electrons. The average molecular weight is 417 g/mol. The summed E-state index contributed by atoms with van der Waals surface area (Å²) < 4.78 is 1.83. The Kier molecular flexibility index (Phi) is 5.54. The topological polar surface area (TPSA) is 34.0 Å². The van der Waals surface area contributed by atoms with Gasteiger partial charge in [0.05, 0.1) is 11.2 Å². The quantitative estimate of drug-likeness (QED) is 0.358. The SMILES string of the molecule is O=c1c(Cc2ccccc2)c(NCc2ccccc2)c2ccccc2n1-c1ccccc1. The molecule has 1 N–H and O–H groups in total. The van der Waals surface area contributed by atoms with E-state index < -0.39 is 0 Å². The van der Waals surface area contributed by atoms with Gasteiger partial charge in [-0.1, -0.05) is 97.1 Å². The lowest BCUT2D eigenvalue weighted by atomic mass is 10.0. The van der Waals surface area contributed by atoms with Crippen LogP contribution in [-0.2, 0) is 13.0 Å². The fourth-order valence-corrected chi connectivity index (χ4v) is 4.18. The van der Waals surface area contributed by atoms with Crippen LogP contribution in [0.2, 0.25) is 0 Å². The summed E-state index contributed by atoms with van der Waals surface area (Å²) in [7, 11) is 0. The van der Waals surface area contributed by atoms with Crippen LogP contribution in [0.4, 0.5) is 5.69 Å². The molecule has 0 fully saturated rings. The smallest absolute Gasteiger partial charge is 0.261 e. The number of hydrogen-bond donors (Lipinski definition) is 1. The molecule has 0 unspecified atom stereocenters. The number of fused-ring (bicyclic) bond motifs is 1. The van der Waals surface area contributed by atoms with E-state index in [4.69, 9.17) is 0 Å². The minimum atomic E-state index is 0.00862. The van der Waals surface area contributed by atoms with E-state index in [1.807, 2.05) is 89.5 Å². The number of para-hydroxylation sites is 2. The highest BCUT2D eigenvalue weighted by Gasteiger charge is 2.18. The summed E-state index contributed by atoms with van der Waals surface area (Å²) in [4.78, 5) is 13.9. The second-order valence-electron chi connectivity index (χ2n) is 7.85. The summed E-state index contributed by atoms with van der Waals surface area (Å²) in [5.41, 5.74) is 5.75. The summed E-state index contributed by atoms with van der Waals surface area (Å²) in [6.45, 7) is 0.654. The van der Waals surface area contributed by atoms with Crippen molar-refractivity contribution in [2.45, 2.75) is 13.0 Å². The lowest BCUT2D eigenvalue weighted by Crippen LogP contribution is -2.25. The molecule has 0 bridgehead atoms. The summed E-state index contributed by atoms with van der Waals surface area (Å²) in [5, 5.41) is 4.64. The molecule has 5 aromatic rings. The van der Waals surface area contributed by atoms with Gasteiger partial charge in [-0.2, -0.15) is 0 Å². The van der Waals surface area contributed by atoms with Crippen molar-refractivity contribution in [3.8, 4) is 5.69 Å². The first-order chi connectivity index (χ1) is 15.8. The Bertz CT molecular complexity index is 1390. The maximum Gasteiger partial charge on any atom is 0.261 e. The molecule has 5 rings (SSSR count). The van der Waals surface area contributed by atoms with Gasteiger partial charge in [0.1, 0.15) is 0 Å². The first kappa shape index (κ1) is 19.8. The van der Waals surface area contributed by atoms with E-state index >= 15 is 0 Å². The van der Waals surface area contributed by atoms with Crippen molar-refractivity contribution in [1.29, 1.82) is 0 Å². The maximum absolute atomic E-state index is 13.9. The third-order valence-corrected chi connectivity index (χ3v) is 5.73. The van der Waals surface area contributed by atoms with E-state index in [1.54, 1.807) is 0 Å². The molecule has 0 amide bonds. The van der Waals surface area contributed by atoms with Gasteiger partial charge >= 0.3 is 0 Å². The Morgan fingerprint density at radius 1 is 0.625 bits per heavy atom. The number of nitrogens with one attached hydrogen (secondary N) is 1. The number of benzene rings is 4. The Morgan fingerprint density at radius 3 is 1.88 bits per heavy atom. The van der Waals surface area contributed by atoms with Crippen LogP contribution in [-0.4, -0.2) is 4.57 Å². The molecule has 4 aromatic carbocycles. The van der Waals surface area contributed by atoms with Crippen molar-refractivity contribution in [2.75, 3.05) is 5.32 Å². The summed E-state index contributed by atoms with van der Waals surface area (Å²) in [6.07, 6.45) is 0.564. The average Bonchev–Trinajstić information content (AvgIpc) is 2.86. The number of rotatable bonds is 6. The molecule has 0 aliphatic heterocycles. The number of anilines is 1. The van der Waals surface area contributed by atoms with Gasteiger partial charge in [-0.3, -0.25) is 9.36 Å². The van der Waals surface area contributed by atoms with Gasteiger partial charge in [-0.25, -0.2) is 0 Å². The molecule has 1 heterocycles. The molecule has 32 heavy (non-hydrogen) atoms. The molecule has 0 radical (unpaired) electrons. The van der Waals surface area contributed by atoms with Crippen molar-refractivity contribution in [2.24, 2.45) is 0 Å². The second kappa shape index (κ2) is 8.94. The zero-order valence-corrected chi connectivity index (χ0v) is 17.7. The Balaban J connectivity index is 1.73. The van der Waals surface area contributed by atoms with E-state index in [-0.39, 0.29) is 5.56 Å². The maximum atomic E-state index is 13.9. The van der Waals surface area contributed by atoms with Crippen LogP contribution in [0.5, 0.6) is 0 Å². The molecule has 0 aliphatic carbocycles. The molecule has 3 heteroatoms. The molecular formula is C29H24N2O. The van der Waals surface area contributed by atoms with Crippen molar-refractivity contribution >= 4 is 16.6 Å². The van der Waals surface area contributed by atoms with Crippen LogP contribution in [0, 0.1) is 0 Å². The van der Waals surface area contributed by atoms with Crippen molar-refractivity contribution in [1.82, 2.24) is 4.57 Å². The van der Waals surface area contributed by atoms with Gasteiger partial charge in [0.2, 0.25) is 0 Å². The van der Waals surface area contributed by atoms with Gasteiger partial charge < -0.3 is 5.32 Å². The van der Waals surface area contributed by atoms with Gasteiger partial charge in [0.15, 0.2) is 0 Å². The Labute approximate surface area is 187 Å². The second-order valence-corrected chi connectivity index (χ2v) is 7.85. The van der Waals surface area contributed by atoms with Crippen molar-refractivity contribution in [3.05, 3.63) is 142 Å². The van der Waals surface area contributed by atoms with Crippen molar-refractivity contribution in [3.63, 3.8) is 0 Å². The van der Waals surface area contributed by atoms with Crippen LogP contribution in [0.1, 0.15) is 16.7 Å². The summed E-state index contributed by atoms with van der Waals surface area (Å²) in [6, 6.07) is 38.4. The van der Waals surface area contributed by atoms with Gasteiger partial charge in [-0.15, -0.1) is 0 Å². The first-order valence-electron chi connectivity index (χ1n) is 10.8. The van der Waals surface area contributed by atoms with E-state index in [2.05, 4.69) is 35.6 Å². The third-order valence-electron chi connectivity index (χ3n) is 5.73. The van der Waals surface area contributed by atoms with Crippen LogP contribution >= 0.6 is 0 Å². The fraction of sp³-hybridized carbons (Fsp3) is 0.0690. The van der Waals surface area contributed by atoms with E-state index in [0.29, 0.717) is 13.0 Å². The normalized spacial score (nSPS) is 10.9. The summed E-state index contributed by atoms with van der Waals surface area (Å²) in [5.74, 6) is 0. The number of nitrogens with zero attached hydrogens (tertiary/aromatic N) is 1. The zero-order chi connectivity index (χ0) is 21.8. The monoisotopic (exact) mass is 416 g/mol. The molecule has 0 saturated heterocycles. The van der Waals surface area contributed by atoms with Crippen LogP contribution in [0.3, 0.4) is 0 Å². The molecule has 1 aromatic heterocycles. The van der Waals surface area contributed by atoms with Crippen LogP contribution in [0.15, 0.2) is 120 Å². The number of pyridine rings is 1. The Morgan fingerprint density at radius 2 is 1.19 bits per heavy atom. The Hall–Kier alpha value is -4.11. The molecule has 0 saturated carbocycles. The number of hydrogen-bond acceptors (Lipinski definition) is 2. The predicted octanol–water partition coefficient (Wildman–Crippen LogP) is 6.19. The number of aromatic nitrogens is 1. The lowest BCUT2D eigenvalue weighted by Gasteiger charge is -2.19. The molecule has 0 aliphatic rings. The minimum Gasteiger partial charge on any atom is -0.380 e. The largest absolute Gasteiger partial charge is 0.380 e. The highest BCUT2D eigenvalue weighted by molar-refractivity contribution is 5.94. The van der Waals surface area contributed by atoms with Crippen LogP contribution in [0.25, 0.3) is 16.6 Å².